The zero-order chi connectivity index (χ0) is 10.0. The van der Waals surface area contributed by atoms with Crippen molar-refractivity contribution in [3.8, 4) is 0 Å². The van der Waals surface area contributed by atoms with Crippen molar-refractivity contribution in [2.24, 2.45) is 5.92 Å². The van der Waals surface area contributed by atoms with Crippen LogP contribution in [0.5, 0.6) is 0 Å². The lowest BCUT2D eigenvalue weighted by atomic mass is 9.88. The summed E-state index contributed by atoms with van der Waals surface area (Å²) in [6.45, 7) is 2.61. The van der Waals surface area contributed by atoms with E-state index in [0.717, 1.165) is 0 Å². The van der Waals surface area contributed by atoms with Gasteiger partial charge in [0.2, 0.25) is 0 Å². The number of hydrogen-bond acceptors (Lipinski definition) is 2. The maximum absolute atomic E-state index is 9.58. The Hall–Kier alpha value is -0.0800. The molecule has 2 saturated carbocycles. The molecular formula is C12H23NO. The Kier molecular flexibility index (Phi) is 3.13. The SMILES string of the molecule is CC1CCCC1(CO)NC1CCCC1. The third kappa shape index (κ3) is 1.82. The number of aliphatic hydroxyl groups is 1. The Morgan fingerprint density at radius 3 is 2.43 bits per heavy atom. The summed E-state index contributed by atoms with van der Waals surface area (Å²) in [6.07, 6.45) is 9.09. The van der Waals surface area contributed by atoms with E-state index in [2.05, 4.69) is 12.2 Å². The minimum atomic E-state index is 0.0645. The van der Waals surface area contributed by atoms with E-state index < -0.39 is 0 Å². The molecule has 0 aliphatic heterocycles. The molecule has 2 fully saturated rings. The van der Waals surface area contributed by atoms with Gasteiger partial charge in [0.15, 0.2) is 0 Å². The molecule has 0 bridgehead atoms. The minimum absolute atomic E-state index is 0.0645. The average Bonchev–Trinajstić information content (AvgIpc) is 2.79. The summed E-state index contributed by atoms with van der Waals surface area (Å²) in [4.78, 5) is 0. The van der Waals surface area contributed by atoms with E-state index in [4.69, 9.17) is 0 Å². The Labute approximate surface area is 87.1 Å². The van der Waals surface area contributed by atoms with Gasteiger partial charge in [-0.2, -0.15) is 0 Å². The van der Waals surface area contributed by atoms with Crippen LogP contribution in [0.2, 0.25) is 0 Å². The lowest BCUT2D eigenvalue weighted by molar-refractivity contribution is 0.118. The van der Waals surface area contributed by atoms with Crippen LogP contribution in [-0.2, 0) is 0 Å². The lowest BCUT2D eigenvalue weighted by Crippen LogP contribution is -2.54. The van der Waals surface area contributed by atoms with Crippen LogP contribution < -0.4 is 5.32 Å². The number of rotatable bonds is 3. The predicted octanol–water partition coefficient (Wildman–Crippen LogP) is 2.07. The molecule has 0 aromatic heterocycles. The van der Waals surface area contributed by atoms with Crippen LogP contribution in [0, 0.1) is 5.92 Å². The third-order valence-corrected chi connectivity index (χ3v) is 4.33. The van der Waals surface area contributed by atoms with Crippen molar-refractivity contribution < 1.29 is 5.11 Å². The quantitative estimate of drug-likeness (QED) is 0.726. The molecule has 0 saturated heterocycles. The first-order valence-corrected chi connectivity index (χ1v) is 6.15. The molecule has 2 N–H and O–H groups in total. The van der Waals surface area contributed by atoms with Crippen molar-refractivity contribution in [1.29, 1.82) is 0 Å². The molecule has 0 spiro atoms. The molecular weight excluding hydrogens is 174 g/mol. The second kappa shape index (κ2) is 4.19. The fraction of sp³-hybridized carbons (Fsp3) is 1.00. The molecule has 2 rings (SSSR count). The minimum Gasteiger partial charge on any atom is -0.394 e. The summed E-state index contributed by atoms with van der Waals surface area (Å²) in [5.74, 6) is 0.646. The van der Waals surface area contributed by atoms with Crippen molar-refractivity contribution in [3.63, 3.8) is 0 Å². The third-order valence-electron chi connectivity index (χ3n) is 4.33. The van der Waals surface area contributed by atoms with Crippen LogP contribution in [0.4, 0.5) is 0 Å². The molecule has 2 heteroatoms. The molecule has 14 heavy (non-hydrogen) atoms. The van der Waals surface area contributed by atoms with Gasteiger partial charge in [0, 0.05) is 11.6 Å². The van der Waals surface area contributed by atoms with Crippen molar-refractivity contribution in [2.45, 2.75) is 63.5 Å². The first kappa shape index (κ1) is 10.4. The highest BCUT2D eigenvalue weighted by Crippen LogP contribution is 2.36. The number of hydrogen-bond donors (Lipinski definition) is 2. The molecule has 2 aliphatic rings. The van der Waals surface area contributed by atoms with Crippen molar-refractivity contribution in [2.75, 3.05) is 6.61 Å². The van der Waals surface area contributed by atoms with Crippen molar-refractivity contribution >= 4 is 0 Å². The lowest BCUT2D eigenvalue weighted by Gasteiger charge is -2.36. The van der Waals surface area contributed by atoms with Crippen molar-refractivity contribution in [1.82, 2.24) is 5.32 Å². The first-order chi connectivity index (χ1) is 6.77. The monoisotopic (exact) mass is 197 g/mol. The summed E-state index contributed by atoms with van der Waals surface area (Å²) in [5, 5.41) is 13.3. The van der Waals surface area contributed by atoms with E-state index >= 15 is 0 Å². The Balaban J connectivity index is 1.97. The summed E-state index contributed by atoms with van der Waals surface area (Å²) in [5.41, 5.74) is 0.0645. The van der Waals surface area contributed by atoms with E-state index in [0.29, 0.717) is 18.6 Å². The Morgan fingerprint density at radius 1 is 1.21 bits per heavy atom. The van der Waals surface area contributed by atoms with Crippen LogP contribution >= 0.6 is 0 Å². The Bertz CT molecular complexity index is 189. The van der Waals surface area contributed by atoms with Gasteiger partial charge in [-0.1, -0.05) is 26.2 Å². The van der Waals surface area contributed by atoms with Gasteiger partial charge in [0.05, 0.1) is 6.61 Å². The molecule has 2 unspecified atom stereocenters. The fourth-order valence-corrected chi connectivity index (χ4v) is 3.22. The van der Waals surface area contributed by atoms with E-state index in [-0.39, 0.29) is 5.54 Å². The topological polar surface area (TPSA) is 32.3 Å². The van der Waals surface area contributed by atoms with E-state index in [1.807, 2.05) is 0 Å². The van der Waals surface area contributed by atoms with Gasteiger partial charge in [-0.15, -0.1) is 0 Å². The largest absolute Gasteiger partial charge is 0.394 e. The van der Waals surface area contributed by atoms with Gasteiger partial charge in [-0.25, -0.2) is 0 Å². The molecule has 0 aromatic rings. The van der Waals surface area contributed by atoms with Gasteiger partial charge in [-0.3, -0.25) is 0 Å². The van der Waals surface area contributed by atoms with Gasteiger partial charge < -0.3 is 10.4 Å². The second-order valence-electron chi connectivity index (χ2n) is 5.23. The van der Waals surface area contributed by atoms with Gasteiger partial charge in [0.25, 0.3) is 0 Å². The van der Waals surface area contributed by atoms with Gasteiger partial charge in [0.1, 0.15) is 0 Å². The molecule has 82 valence electrons. The number of aliphatic hydroxyl groups excluding tert-OH is 1. The molecule has 2 atom stereocenters. The van der Waals surface area contributed by atoms with Crippen LogP contribution in [0.25, 0.3) is 0 Å². The molecule has 0 heterocycles. The summed E-state index contributed by atoms with van der Waals surface area (Å²) >= 11 is 0. The summed E-state index contributed by atoms with van der Waals surface area (Å²) < 4.78 is 0. The normalized spacial score (nSPS) is 39.4. The first-order valence-electron chi connectivity index (χ1n) is 6.15. The highest BCUT2D eigenvalue weighted by Gasteiger charge is 2.41. The highest BCUT2D eigenvalue weighted by atomic mass is 16.3. The maximum atomic E-state index is 9.58. The molecule has 2 nitrogen and oxygen atoms in total. The standard InChI is InChI=1S/C12H23NO/c1-10-5-4-8-12(10,9-14)13-11-6-2-3-7-11/h10-11,13-14H,2-9H2,1H3. The molecule has 0 aromatic carbocycles. The van der Waals surface area contributed by atoms with E-state index in [9.17, 15) is 5.11 Å². The zero-order valence-electron chi connectivity index (χ0n) is 9.26. The number of nitrogens with one attached hydrogen (secondary N) is 1. The van der Waals surface area contributed by atoms with Crippen LogP contribution in [-0.4, -0.2) is 23.3 Å². The summed E-state index contributed by atoms with van der Waals surface area (Å²) in [6, 6.07) is 0.683. The van der Waals surface area contributed by atoms with Gasteiger partial charge >= 0.3 is 0 Å². The fourth-order valence-electron chi connectivity index (χ4n) is 3.22. The highest BCUT2D eigenvalue weighted by molar-refractivity contribution is 4.99. The molecule has 0 radical (unpaired) electrons. The maximum Gasteiger partial charge on any atom is 0.0616 e. The smallest absolute Gasteiger partial charge is 0.0616 e. The van der Waals surface area contributed by atoms with Crippen LogP contribution in [0.3, 0.4) is 0 Å². The van der Waals surface area contributed by atoms with Crippen molar-refractivity contribution in [3.05, 3.63) is 0 Å². The molecule has 0 amide bonds. The Morgan fingerprint density at radius 2 is 1.93 bits per heavy atom. The van der Waals surface area contributed by atoms with E-state index in [1.165, 1.54) is 44.9 Å². The summed E-state index contributed by atoms with van der Waals surface area (Å²) in [7, 11) is 0. The van der Waals surface area contributed by atoms with Gasteiger partial charge in [-0.05, 0) is 31.6 Å². The molecule has 2 aliphatic carbocycles. The average molecular weight is 197 g/mol. The van der Waals surface area contributed by atoms with Crippen LogP contribution in [0.15, 0.2) is 0 Å². The predicted molar refractivity (Wildman–Crippen MR) is 58.2 cm³/mol. The van der Waals surface area contributed by atoms with E-state index in [1.54, 1.807) is 0 Å². The van der Waals surface area contributed by atoms with Crippen LogP contribution in [0.1, 0.15) is 51.9 Å². The zero-order valence-corrected chi connectivity index (χ0v) is 9.26. The second-order valence-corrected chi connectivity index (χ2v) is 5.23.